The van der Waals surface area contributed by atoms with Crippen molar-refractivity contribution in [3.8, 4) is 5.75 Å². The Hall–Kier alpha value is -1.31. The molecule has 0 N–H and O–H groups in total. The van der Waals surface area contributed by atoms with Crippen molar-refractivity contribution in [3.63, 3.8) is 0 Å². The number of carbonyl (C=O) groups excluding carboxylic acids is 1. The van der Waals surface area contributed by atoms with Gasteiger partial charge in [-0.05, 0) is 56.4 Å². The maximum Gasteiger partial charge on any atom is 0.165 e. The van der Waals surface area contributed by atoms with Crippen LogP contribution >= 0.6 is 0 Å². The number of rotatable bonds is 5. The fourth-order valence-electron chi connectivity index (χ4n) is 2.80. The zero-order valence-corrected chi connectivity index (χ0v) is 11.3. The van der Waals surface area contributed by atoms with E-state index in [0.29, 0.717) is 12.4 Å². The molecular weight excluding hydrogens is 224 g/mol. The lowest BCUT2D eigenvalue weighted by Crippen LogP contribution is -2.11. The highest BCUT2D eigenvalue weighted by molar-refractivity contribution is 5.98. The van der Waals surface area contributed by atoms with Gasteiger partial charge in [-0.25, -0.2) is 0 Å². The number of Topliss-reactive ketones (excluding diaryl/α,β-unsaturated/α-hetero) is 1. The van der Waals surface area contributed by atoms with Crippen LogP contribution in [0.1, 0.15) is 49.9 Å². The average Bonchev–Trinajstić information content (AvgIpc) is 2.88. The highest BCUT2D eigenvalue weighted by Crippen LogP contribution is 2.35. The first-order valence-electron chi connectivity index (χ1n) is 7.01. The van der Waals surface area contributed by atoms with E-state index in [2.05, 4.69) is 6.92 Å². The second-order valence-electron chi connectivity index (χ2n) is 5.11. The third kappa shape index (κ3) is 2.92. The second kappa shape index (κ2) is 6.03. The van der Waals surface area contributed by atoms with Gasteiger partial charge in [0.05, 0.1) is 6.61 Å². The van der Waals surface area contributed by atoms with Gasteiger partial charge < -0.3 is 4.74 Å². The van der Waals surface area contributed by atoms with E-state index in [9.17, 15) is 4.79 Å². The Morgan fingerprint density at radius 2 is 1.94 bits per heavy atom. The van der Waals surface area contributed by atoms with E-state index in [1.807, 2.05) is 31.2 Å². The first-order chi connectivity index (χ1) is 8.74. The van der Waals surface area contributed by atoms with Gasteiger partial charge in [0.1, 0.15) is 5.75 Å². The molecule has 1 saturated carbocycles. The molecule has 18 heavy (non-hydrogen) atoms. The summed E-state index contributed by atoms with van der Waals surface area (Å²) in [5, 5.41) is 0. The van der Waals surface area contributed by atoms with Gasteiger partial charge in [0, 0.05) is 11.5 Å². The van der Waals surface area contributed by atoms with Crippen LogP contribution in [-0.4, -0.2) is 12.4 Å². The predicted octanol–water partition coefficient (Wildman–Crippen LogP) is 4.09. The molecule has 0 heterocycles. The van der Waals surface area contributed by atoms with Crippen LogP contribution in [0.2, 0.25) is 0 Å². The zero-order chi connectivity index (χ0) is 13.0. The number of ketones is 1. The molecule has 2 rings (SSSR count). The topological polar surface area (TPSA) is 26.3 Å². The Kier molecular flexibility index (Phi) is 4.40. The maximum atomic E-state index is 12.3. The average molecular weight is 246 g/mol. The molecule has 2 atom stereocenters. The van der Waals surface area contributed by atoms with Crippen LogP contribution in [-0.2, 0) is 0 Å². The standard InChI is InChI=1S/C16H22O2/c1-3-12-5-6-14(11-12)16(17)13-7-9-15(10-8-13)18-4-2/h7-10,12,14H,3-6,11H2,1-2H3. The Morgan fingerprint density at radius 1 is 1.22 bits per heavy atom. The van der Waals surface area contributed by atoms with Crippen LogP contribution < -0.4 is 4.74 Å². The first kappa shape index (κ1) is 13.1. The fraction of sp³-hybridized carbons (Fsp3) is 0.562. The van der Waals surface area contributed by atoms with Crippen LogP contribution in [0, 0.1) is 11.8 Å². The van der Waals surface area contributed by atoms with Crippen molar-refractivity contribution in [3.05, 3.63) is 29.8 Å². The zero-order valence-electron chi connectivity index (χ0n) is 11.3. The summed E-state index contributed by atoms with van der Waals surface area (Å²) in [7, 11) is 0. The number of carbonyl (C=O) groups is 1. The van der Waals surface area contributed by atoms with E-state index in [1.54, 1.807) is 0 Å². The Balaban J connectivity index is 2.00. The molecule has 0 aliphatic heterocycles. The van der Waals surface area contributed by atoms with Crippen LogP contribution in [0.5, 0.6) is 5.75 Å². The van der Waals surface area contributed by atoms with Gasteiger partial charge in [-0.2, -0.15) is 0 Å². The minimum absolute atomic E-state index is 0.243. The van der Waals surface area contributed by atoms with Crippen LogP contribution in [0.4, 0.5) is 0 Å². The van der Waals surface area contributed by atoms with Crippen molar-refractivity contribution in [2.24, 2.45) is 11.8 Å². The maximum absolute atomic E-state index is 12.3. The third-order valence-corrected chi connectivity index (χ3v) is 3.94. The van der Waals surface area contributed by atoms with Crippen LogP contribution in [0.15, 0.2) is 24.3 Å². The summed E-state index contributed by atoms with van der Waals surface area (Å²) in [6.07, 6.45) is 4.55. The summed E-state index contributed by atoms with van der Waals surface area (Å²) in [5.41, 5.74) is 0.834. The monoisotopic (exact) mass is 246 g/mol. The SMILES string of the molecule is CCOc1ccc(C(=O)C2CCC(CC)C2)cc1. The Labute approximate surface area is 109 Å². The van der Waals surface area contributed by atoms with Gasteiger partial charge in [0.2, 0.25) is 0 Å². The van der Waals surface area contributed by atoms with Gasteiger partial charge in [-0.15, -0.1) is 0 Å². The molecule has 0 saturated heterocycles. The molecule has 98 valence electrons. The Bertz CT molecular complexity index is 394. The highest BCUT2D eigenvalue weighted by atomic mass is 16.5. The van der Waals surface area contributed by atoms with Gasteiger partial charge >= 0.3 is 0 Å². The summed E-state index contributed by atoms with van der Waals surface area (Å²) < 4.78 is 5.39. The molecule has 0 spiro atoms. The molecule has 0 aromatic heterocycles. The number of hydrogen-bond donors (Lipinski definition) is 0. The molecule has 1 aliphatic carbocycles. The molecule has 1 fully saturated rings. The van der Waals surface area contributed by atoms with Crippen molar-refractivity contribution in [2.45, 2.75) is 39.5 Å². The minimum Gasteiger partial charge on any atom is -0.494 e. The number of ether oxygens (including phenoxy) is 1. The van der Waals surface area contributed by atoms with Gasteiger partial charge in [0.25, 0.3) is 0 Å². The van der Waals surface area contributed by atoms with E-state index in [-0.39, 0.29) is 5.92 Å². The van der Waals surface area contributed by atoms with E-state index in [0.717, 1.165) is 30.1 Å². The summed E-state index contributed by atoms with van der Waals surface area (Å²) in [6.45, 7) is 4.84. The molecule has 1 aliphatic rings. The van der Waals surface area contributed by atoms with E-state index in [1.165, 1.54) is 12.8 Å². The Morgan fingerprint density at radius 3 is 2.50 bits per heavy atom. The lowest BCUT2D eigenvalue weighted by molar-refractivity contribution is 0.0920. The minimum atomic E-state index is 0.243. The summed E-state index contributed by atoms with van der Waals surface area (Å²) >= 11 is 0. The van der Waals surface area contributed by atoms with E-state index >= 15 is 0 Å². The molecule has 1 aromatic carbocycles. The molecule has 2 nitrogen and oxygen atoms in total. The number of hydrogen-bond acceptors (Lipinski definition) is 2. The molecule has 0 amide bonds. The van der Waals surface area contributed by atoms with Crippen molar-refractivity contribution >= 4 is 5.78 Å². The second-order valence-corrected chi connectivity index (χ2v) is 5.11. The van der Waals surface area contributed by atoms with Crippen molar-refractivity contribution in [1.82, 2.24) is 0 Å². The first-order valence-corrected chi connectivity index (χ1v) is 7.01. The van der Waals surface area contributed by atoms with E-state index in [4.69, 9.17) is 4.74 Å². The summed E-state index contributed by atoms with van der Waals surface area (Å²) in [4.78, 5) is 12.3. The van der Waals surface area contributed by atoms with Crippen molar-refractivity contribution < 1.29 is 9.53 Å². The molecule has 1 aromatic rings. The highest BCUT2D eigenvalue weighted by Gasteiger charge is 2.29. The largest absolute Gasteiger partial charge is 0.494 e. The summed E-state index contributed by atoms with van der Waals surface area (Å²) in [5.74, 6) is 2.15. The molecule has 2 unspecified atom stereocenters. The smallest absolute Gasteiger partial charge is 0.165 e. The molecule has 0 radical (unpaired) electrons. The quantitative estimate of drug-likeness (QED) is 0.731. The summed E-state index contributed by atoms with van der Waals surface area (Å²) in [6, 6.07) is 7.57. The predicted molar refractivity (Wildman–Crippen MR) is 73.1 cm³/mol. The third-order valence-electron chi connectivity index (χ3n) is 3.94. The fourth-order valence-corrected chi connectivity index (χ4v) is 2.80. The van der Waals surface area contributed by atoms with Gasteiger partial charge in [0.15, 0.2) is 5.78 Å². The molecular formula is C16H22O2. The molecule has 0 bridgehead atoms. The van der Waals surface area contributed by atoms with Crippen LogP contribution in [0.25, 0.3) is 0 Å². The van der Waals surface area contributed by atoms with Crippen LogP contribution in [0.3, 0.4) is 0 Å². The van der Waals surface area contributed by atoms with Gasteiger partial charge in [-0.3, -0.25) is 4.79 Å². The van der Waals surface area contributed by atoms with Crippen molar-refractivity contribution in [1.29, 1.82) is 0 Å². The lowest BCUT2D eigenvalue weighted by atomic mass is 9.94. The normalized spacial score (nSPS) is 23.0. The van der Waals surface area contributed by atoms with Crippen molar-refractivity contribution in [2.75, 3.05) is 6.61 Å². The lowest BCUT2D eigenvalue weighted by Gasteiger charge is -2.10. The number of benzene rings is 1. The molecule has 2 heteroatoms. The van der Waals surface area contributed by atoms with Gasteiger partial charge in [-0.1, -0.05) is 13.3 Å². The van der Waals surface area contributed by atoms with E-state index < -0.39 is 0 Å².